The quantitative estimate of drug-likeness (QED) is 0.818. The minimum Gasteiger partial charge on any atom is -0.359 e. The molecule has 0 fully saturated rings. The molecular weight excluding hydrogens is 355 g/mol. The molecule has 1 amide bonds. The predicted octanol–water partition coefficient (Wildman–Crippen LogP) is 3.83. The molecule has 0 atom stereocenters. The van der Waals surface area contributed by atoms with Crippen LogP contribution in [0, 0.1) is 3.57 Å². The zero-order valence-electron chi connectivity index (χ0n) is 11.0. The van der Waals surface area contributed by atoms with Gasteiger partial charge in [-0.05, 0) is 46.9 Å². The van der Waals surface area contributed by atoms with Gasteiger partial charge in [-0.3, -0.25) is 4.79 Å². The van der Waals surface area contributed by atoms with E-state index in [4.69, 9.17) is 4.52 Å². The van der Waals surface area contributed by atoms with Crippen molar-refractivity contribution in [3.05, 3.63) is 45.2 Å². The van der Waals surface area contributed by atoms with Crippen LogP contribution < -0.4 is 5.32 Å². The average molecular weight is 370 g/mol. The van der Waals surface area contributed by atoms with E-state index in [9.17, 15) is 4.79 Å². The Hall–Kier alpha value is -1.37. The van der Waals surface area contributed by atoms with Gasteiger partial charge in [0.15, 0.2) is 5.82 Å². The molecule has 19 heavy (non-hydrogen) atoms. The number of hydrogen-bond acceptors (Lipinski definition) is 3. The highest BCUT2D eigenvalue weighted by atomic mass is 127. The Morgan fingerprint density at radius 2 is 1.89 bits per heavy atom. The molecule has 4 nitrogen and oxygen atoms in total. The van der Waals surface area contributed by atoms with Crippen molar-refractivity contribution in [2.75, 3.05) is 5.32 Å². The molecule has 0 radical (unpaired) electrons. The molecule has 0 aliphatic rings. The molecule has 1 aromatic carbocycles. The van der Waals surface area contributed by atoms with Crippen molar-refractivity contribution in [2.24, 2.45) is 0 Å². The topological polar surface area (TPSA) is 55.1 Å². The Labute approximate surface area is 125 Å². The Bertz CT molecular complexity index is 582. The molecule has 100 valence electrons. The second kappa shape index (κ2) is 5.32. The lowest BCUT2D eigenvalue weighted by Crippen LogP contribution is -2.12. The zero-order chi connectivity index (χ0) is 14.0. The van der Waals surface area contributed by atoms with Crippen LogP contribution in [-0.2, 0) is 5.41 Å². The van der Waals surface area contributed by atoms with E-state index < -0.39 is 0 Å². The monoisotopic (exact) mass is 370 g/mol. The largest absolute Gasteiger partial charge is 0.359 e. The zero-order valence-corrected chi connectivity index (χ0v) is 13.2. The summed E-state index contributed by atoms with van der Waals surface area (Å²) in [4.78, 5) is 12.0. The van der Waals surface area contributed by atoms with E-state index in [2.05, 4.69) is 33.1 Å². The molecule has 0 saturated heterocycles. The van der Waals surface area contributed by atoms with E-state index in [0.29, 0.717) is 11.4 Å². The van der Waals surface area contributed by atoms with Crippen LogP contribution in [0.15, 0.2) is 34.9 Å². The van der Waals surface area contributed by atoms with Gasteiger partial charge in [-0.25, -0.2) is 0 Å². The van der Waals surface area contributed by atoms with E-state index >= 15 is 0 Å². The van der Waals surface area contributed by atoms with Gasteiger partial charge < -0.3 is 9.84 Å². The van der Waals surface area contributed by atoms with Gasteiger partial charge in [-0.1, -0.05) is 25.9 Å². The normalized spacial score (nSPS) is 11.4. The molecular formula is C14H15IN2O2. The van der Waals surface area contributed by atoms with Crippen molar-refractivity contribution in [1.29, 1.82) is 0 Å². The van der Waals surface area contributed by atoms with Crippen LogP contribution in [-0.4, -0.2) is 11.1 Å². The summed E-state index contributed by atoms with van der Waals surface area (Å²) in [5, 5.41) is 6.58. The second-order valence-corrected chi connectivity index (χ2v) is 6.53. The standard InChI is InChI=1S/C14H15IN2O2/c1-14(2,3)11-8-12(17-19-11)16-13(18)9-4-6-10(15)7-5-9/h4-8H,1-3H3,(H,16,17,18). The highest BCUT2D eigenvalue weighted by molar-refractivity contribution is 14.1. The minimum atomic E-state index is -0.190. The number of carbonyl (C=O) groups excluding carboxylic acids is 1. The molecule has 5 heteroatoms. The Morgan fingerprint density at radius 1 is 1.26 bits per heavy atom. The number of nitrogens with one attached hydrogen (secondary N) is 1. The summed E-state index contributed by atoms with van der Waals surface area (Å²) >= 11 is 2.20. The predicted molar refractivity (Wildman–Crippen MR) is 82.3 cm³/mol. The van der Waals surface area contributed by atoms with Gasteiger partial charge in [-0.2, -0.15) is 0 Å². The van der Waals surface area contributed by atoms with Gasteiger partial charge in [0.25, 0.3) is 5.91 Å². The number of nitrogens with zero attached hydrogens (tertiary/aromatic N) is 1. The SMILES string of the molecule is CC(C)(C)c1cc(NC(=O)c2ccc(I)cc2)no1. The summed E-state index contributed by atoms with van der Waals surface area (Å²) in [6, 6.07) is 9.09. The van der Waals surface area contributed by atoms with Crippen molar-refractivity contribution in [1.82, 2.24) is 5.16 Å². The first-order chi connectivity index (χ1) is 8.86. The summed E-state index contributed by atoms with van der Waals surface area (Å²) < 4.78 is 6.31. The van der Waals surface area contributed by atoms with Crippen LogP contribution in [0.25, 0.3) is 0 Å². The molecule has 0 unspecified atom stereocenters. The summed E-state index contributed by atoms with van der Waals surface area (Å²) in [5.41, 5.74) is 0.472. The summed E-state index contributed by atoms with van der Waals surface area (Å²) in [6.45, 7) is 6.08. The molecule has 1 heterocycles. The molecule has 2 aromatic rings. The van der Waals surface area contributed by atoms with Crippen molar-refractivity contribution in [3.8, 4) is 0 Å². The summed E-state index contributed by atoms with van der Waals surface area (Å²) in [5.74, 6) is 0.990. The Balaban J connectivity index is 2.11. The number of rotatable bonds is 2. The van der Waals surface area contributed by atoms with Crippen LogP contribution in [0.3, 0.4) is 0 Å². The minimum absolute atomic E-state index is 0.126. The number of benzene rings is 1. The van der Waals surface area contributed by atoms with Crippen molar-refractivity contribution in [3.63, 3.8) is 0 Å². The lowest BCUT2D eigenvalue weighted by Gasteiger charge is -2.12. The Morgan fingerprint density at radius 3 is 2.42 bits per heavy atom. The number of aromatic nitrogens is 1. The van der Waals surface area contributed by atoms with Gasteiger partial charge >= 0.3 is 0 Å². The fourth-order valence-electron chi connectivity index (χ4n) is 1.48. The van der Waals surface area contributed by atoms with Crippen LogP contribution in [0.5, 0.6) is 0 Å². The summed E-state index contributed by atoms with van der Waals surface area (Å²) in [6.07, 6.45) is 0. The third-order valence-electron chi connectivity index (χ3n) is 2.60. The van der Waals surface area contributed by atoms with Crippen LogP contribution >= 0.6 is 22.6 Å². The van der Waals surface area contributed by atoms with Gasteiger partial charge in [0.05, 0.1) is 0 Å². The van der Waals surface area contributed by atoms with E-state index in [1.165, 1.54) is 0 Å². The molecule has 0 aliphatic carbocycles. The van der Waals surface area contributed by atoms with Crippen LogP contribution in [0.4, 0.5) is 5.82 Å². The maximum absolute atomic E-state index is 12.0. The number of halogens is 1. The second-order valence-electron chi connectivity index (χ2n) is 5.29. The molecule has 2 rings (SSSR count). The number of carbonyl (C=O) groups is 1. The molecule has 0 aliphatic heterocycles. The van der Waals surface area contributed by atoms with E-state index in [0.717, 1.165) is 9.33 Å². The van der Waals surface area contributed by atoms with Gasteiger partial charge in [0, 0.05) is 20.6 Å². The lowest BCUT2D eigenvalue weighted by molar-refractivity contribution is 0.102. The molecule has 0 saturated carbocycles. The number of anilines is 1. The highest BCUT2D eigenvalue weighted by Crippen LogP contribution is 2.24. The fraction of sp³-hybridized carbons (Fsp3) is 0.286. The van der Waals surface area contributed by atoms with Crippen molar-refractivity contribution < 1.29 is 9.32 Å². The molecule has 0 bridgehead atoms. The fourth-order valence-corrected chi connectivity index (χ4v) is 1.84. The Kier molecular flexibility index (Phi) is 3.93. The highest BCUT2D eigenvalue weighted by Gasteiger charge is 2.20. The first kappa shape index (κ1) is 14.0. The first-order valence-corrected chi connectivity index (χ1v) is 6.98. The van der Waals surface area contributed by atoms with Crippen molar-refractivity contribution in [2.45, 2.75) is 26.2 Å². The molecule has 1 N–H and O–H groups in total. The van der Waals surface area contributed by atoms with Crippen LogP contribution in [0.1, 0.15) is 36.9 Å². The molecule has 0 spiro atoms. The van der Waals surface area contributed by atoms with E-state index in [1.54, 1.807) is 18.2 Å². The maximum atomic E-state index is 12.0. The molecule has 1 aromatic heterocycles. The smallest absolute Gasteiger partial charge is 0.256 e. The third kappa shape index (κ3) is 3.56. The van der Waals surface area contributed by atoms with Gasteiger partial charge in [-0.15, -0.1) is 0 Å². The van der Waals surface area contributed by atoms with Gasteiger partial charge in [0.2, 0.25) is 0 Å². The van der Waals surface area contributed by atoms with Crippen molar-refractivity contribution >= 4 is 34.3 Å². The number of hydrogen-bond donors (Lipinski definition) is 1. The van der Waals surface area contributed by atoms with Gasteiger partial charge in [0.1, 0.15) is 5.76 Å². The lowest BCUT2D eigenvalue weighted by atomic mass is 9.93. The average Bonchev–Trinajstić information content (AvgIpc) is 2.78. The van der Waals surface area contributed by atoms with E-state index in [1.807, 2.05) is 32.9 Å². The summed E-state index contributed by atoms with van der Waals surface area (Å²) in [7, 11) is 0. The maximum Gasteiger partial charge on any atom is 0.256 e. The first-order valence-electron chi connectivity index (χ1n) is 5.90. The van der Waals surface area contributed by atoms with E-state index in [-0.39, 0.29) is 11.3 Å². The van der Waals surface area contributed by atoms with Crippen LogP contribution in [0.2, 0.25) is 0 Å². The number of amides is 1. The third-order valence-corrected chi connectivity index (χ3v) is 3.32.